The van der Waals surface area contributed by atoms with Gasteiger partial charge in [0.2, 0.25) is 12.6 Å². The van der Waals surface area contributed by atoms with Gasteiger partial charge in [0.1, 0.15) is 159 Å². The number of aliphatic carboxylic acids is 4. The Hall–Kier alpha value is -5.40. The maximum atomic E-state index is 11.5. The van der Waals surface area contributed by atoms with Crippen molar-refractivity contribution in [2.75, 3.05) is 96.3 Å². The summed E-state index contributed by atoms with van der Waals surface area (Å²) in [6, 6.07) is -4.02. The van der Waals surface area contributed by atoms with Gasteiger partial charge in [-0.1, -0.05) is 0 Å². The van der Waals surface area contributed by atoms with Crippen molar-refractivity contribution in [3.63, 3.8) is 0 Å². The summed E-state index contributed by atoms with van der Waals surface area (Å²) in [5.41, 5.74) is 0. The largest absolute Gasteiger partial charge is 1.00 e. The third-order valence-corrected chi connectivity index (χ3v) is 18.5. The number of carbonyl (C=O) groups excluding carboxylic acids is 9. The molecule has 0 aliphatic carbocycles. The predicted molar refractivity (Wildman–Crippen MR) is 359 cm³/mol. The molecule has 7 saturated heterocycles. The molecule has 7 aliphatic rings. The van der Waals surface area contributed by atoms with E-state index in [0.29, 0.717) is 31.4 Å². The second-order valence-corrected chi connectivity index (χ2v) is 25.4. The number of carboxylic acids is 4. The number of hydrogen-bond acceptors (Lipinski definition) is 50. The van der Waals surface area contributed by atoms with Crippen molar-refractivity contribution < 1.29 is 268 Å². The normalized spacial score (nSPS) is 39.2. The minimum Gasteiger partial charge on any atom is -0.547 e. The van der Waals surface area contributed by atoms with Crippen LogP contribution in [0, 0.1) is 0 Å². The number of rotatable bonds is 42. The molecular formula is C64H101N4NaO49. The summed E-state index contributed by atoms with van der Waals surface area (Å²) in [5.74, 6) is -6.25. The smallest absolute Gasteiger partial charge is 0.547 e. The van der Waals surface area contributed by atoms with Gasteiger partial charge in [-0.3, -0.25) is 9.59 Å². The molecule has 7 heterocycles. The summed E-state index contributed by atoms with van der Waals surface area (Å²) in [4.78, 5) is 133. The van der Waals surface area contributed by atoms with E-state index in [1.807, 2.05) is 0 Å². The van der Waals surface area contributed by atoms with Crippen molar-refractivity contribution in [2.45, 2.75) is 233 Å². The first-order valence-corrected chi connectivity index (χ1v) is 34.9. The van der Waals surface area contributed by atoms with Crippen LogP contribution in [0.3, 0.4) is 0 Å². The van der Waals surface area contributed by atoms with E-state index in [2.05, 4.69) is 30.7 Å². The average molecular weight is 1730 g/mol. The molecule has 0 aromatic carbocycles. The van der Waals surface area contributed by atoms with Crippen molar-refractivity contribution in [1.82, 2.24) is 21.3 Å². The minimum atomic E-state index is -1.99. The van der Waals surface area contributed by atoms with E-state index in [1.165, 1.54) is 28.4 Å². The molecular weight excluding hydrogens is 1630 g/mol. The Labute approximate surface area is 690 Å². The standard InChI is InChI=1S/C16H25NO13.C16H27NO12.2C16H25NO12.Na/c1-25-11-7(20)8(21)16(29-12(11)13(23)24)28-10-6(17-3-4-18)14(26-2)30-15(9(10)22)27-5-19;2*1-25-12-9(21)10(22)16(29-13(12)14(23)24)28-11-7(17-3-4-18)15(26-2)27-6(5-19)8(11)20;1-25-9(6-20)13(15(23)24)28-10(7-21)29-14-11(17-3-4-18)16(26-2)27-8(5-19)12(14)22;/h4-12,14-17,20-22H,3H2,1-2H3,(H,23,24);4,6-13,15-17,19-22H,3,5H2,1-2H3,(H,23,24);4-13,15-17,20-22H,3H2,1-2H3,(H,23,24);4,6-14,16-17,19,22H,3,5H2,1-2H3,(H,23,24);/q;;;;+1/p-1. The van der Waals surface area contributed by atoms with Gasteiger partial charge in [-0.05, 0) is 0 Å². The number of ether oxygens (including phenoxy) is 21. The molecule has 7 fully saturated rings. The van der Waals surface area contributed by atoms with Crippen molar-refractivity contribution >= 4 is 74.4 Å². The van der Waals surface area contributed by atoms with Gasteiger partial charge in [0.25, 0.3) is 6.47 Å². The number of hydrogen-bond donors (Lipinski definition) is 19. The van der Waals surface area contributed by atoms with Crippen LogP contribution in [0.2, 0.25) is 0 Å². The number of methoxy groups -OCH3 is 8. The Bertz CT molecular complexity index is 3040. The molecule has 0 bridgehead atoms. The number of carbonyl (C=O) groups is 12. The van der Waals surface area contributed by atoms with Crippen LogP contribution in [0.15, 0.2) is 0 Å². The quantitative estimate of drug-likeness (QED) is 0.0153. The first kappa shape index (κ1) is 107. The first-order valence-electron chi connectivity index (χ1n) is 34.9. The zero-order chi connectivity index (χ0) is 87.8. The van der Waals surface area contributed by atoms with Gasteiger partial charge in [0.15, 0.2) is 81.2 Å². The van der Waals surface area contributed by atoms with Gasteiger partial charge < -0.3 is 236 Å². The maximum absolute atomic E-state index is 11.5. The summed E-state index contributed by atoms with van der Waals surface area (Å²) >= 11 is 0. The molecule has 19 N–H and O–H groups in total. The summed E-state index contributed by atoms with van der Waals surface area (Å²) in [6.45, 7) is -1.96. The molecule has 0 saturated carbocycles. The monoisotopic (exact) mass is 1730 g/mol. The Morgan fingerprint density at radius 1 is 0.390 bits per heavy atom. The Morgan fingerprint density at radius 3 is 1.01 bits per heavy atom. The van der Waals surface area contributed by atoms with Crippen LogP contribution in [0.5, 0.6) is 0 Å². The van der Waals surface area contributed by atoms with Crippen LogP contribution in [0.1, 0.15) is 0 Å². The van der Waals surface area contributed by atoms with Gasteiger partial charge >= 0.3 is 47.5 Å². The Morgan fingerprint density at radius 2 is 0.720 bits per heavy atom. The van der Waals surface area contributed by atoms with E-state index >= 15 is 0 Å². The van der Waals surface area contributed by atoms with Crippen LogP contribution >= 0.6 is 0 Å². The number of aldehydes is 7. The van der Waals surface area contributed by atoms with Gasteiger partial charge in [0, 0.05) is 56.9 Å². The summed E-state index contributed by atoms with van der Waals surface area (Å²) in [7, 11) is 9.53. The topological polar surface area (TPSA) is 773 Å². The van der Waals surface area contributed by atoms with Gasteiger partial charge in [-0.25, -0.2) is 14.4 Å². The molecule has 53 nitrogen and oxygen atoms in total. The number of nitrogens with one attached hydrogen (secondary N) is 4. The zero-order valence-electron chi connectivity index (χ0n) is 64.4. The molecule has 672 valence electrons. The number of carboxylic acid groups (broad SMARTS) is 4. The molecule has 38 atom stereocenters. The van der Waals surface area contributed by atoms with E-state index in [9.17, 15) is 139 Å². The number of aliphatic hydroxyl groups excluding tert-OH is 12. The van der Waals surface area contributed by atoms with E-state index in [-0.39, 0.29) is 74.8 Å². The average Bonchev–Trinajstić information content (AvgIpc) is 0.785. The van der Waals surface area contributed by atoms with Crippen LogP contribution < -0.4 is 55.9 Å². The molecule has 7 aliphatic heterocycles. The molecule has 0 aromatic rings. The Balaban J connectivity index is 0.000000406. The van der Waals surface area contributed by atoms with Crippen LogP contribution in [0.25, 0.3) is 0 Å². The second kappa shape index (κ2) is 53.6. The van der Waals surface area contributed by atoms with E-state index in [4.69, 9.17) is 90.0 Å². The third-order valence-electron chi connectivity index (χ3n) is 18.5. The molecule has 0 spiro atoms. The summed E-state index contributed by atoms with van der Waals surface area (Å²) < 4.78 is 109. The van der Waals surface area contributed by atoms with Gasteiger partial charge in [-0.15, -0.1) is 0 Å². The molecule has 0 radical (unpaired) electrons. The molecule has 7 rings (SSSR count). The molecule has 0 aromatic heterocycles. The summed E-state index contributed by atoms with van der Waals surface area (Å²) in [5, 5.41) is 172. The van der Waals surface area contributed by atoms with Crippen molar-refractivity contribution in [3.8, 4) is 0 Å². The first-order chi connectivity index (χ1) is 55.8. The summed E-state index contributed by atoms with van der Waals surface area (Å²) in [6.07, 6.45) is -48.6. The fourth-order valence-electron chi connectivity index (χ4n) is 12.8. The van der Waals surface area contributed by atoms with Crippen molar-refractivity contribution in [2.24, 2.45) is 0 Å². The van der Waals surface area contributed by atoms with E-state index in [0.717, 1.165) is 28.4 Å². The van der Waals surface area contributed by atoms with Crippen molar-refractivity contribution in [1.29, 1.82) is 0 Å². The minimum absolute atomic E-state index is 0. The third kappa shape index (κ3) is 27.5. The molecule has 38 unspecified atom stereocenters. The van der Waals surface area contributed by atoms with Crippen LogP contribution in [-0.2, 0) is 157 Å². The SMILES string of the molecule is COC(C=O)C(OC(C=O)OC1C(O)C(CO)OC(OC)C1NCC=O)C(=O)[O-].COC1OC(C=O)C(O)C(OC2OC(C(=O)O)C(OC)C(O)C2O)C1NCC=O.COC1OC(CO)C(O)C(OC2OC(C(=O)O)C(OC)C(O)C2O)C1NCC=O.COC1OC(OC=O)C(O)C(OC2OC(C(=O)O)C(OC)C(O)C2O)C1NCC=O.[Na+]. The zero-order valence-corrected chi connectivity index (χ0v) is 66.4. The van der Waals surface area contributed by atoms with Crippen LogP contribution in [-0.4, -0.2) is 481 Å². The predicted octanol–water partition coefficient (Wildman–Crippen LogP) is -20.1. The fourth-order valence-corrected chi connectivity index (χ4v) is 12.8. The second-order valence-electron chi connectivity index (χ2n) is 25.4. The van der Waals surface area contributed by atoms with Gasteiger partial charge in [-0.2, -0.15) is 0 Å². The molecule has 0 amide bonds. The fraction of sp³-hybridized carbons (Fsp3) is 0.812. The Kier molecular flexibility index (Phi) is 48.5. The molecule has 54 heteroatoms. The maximum Gasteiger partial charge on any atom is 1.00 e. The van der Waals surface area contributed by atoms with Crippen LogP contribution in [0.4, 0.5) is 0 Å². The molecule has 118 heavy (non-hydrogen) atoms. The van der Waals surface area contributed by atoms with Crippen molar-refractivity contribution in [3.05, 3.63) is 0 Å². The van der Waals surface area contributed by atoms with E-state index in [1.54, 1.807) is 0 Å². The number of aliphatic hydroxyl groups is 12. The van der Waals surface area contributed by atoms with E-state index < -0.39 is 270 Å². The van der Waals surface area contributed by atoms with Gasteiger partial charge in [0.05, 0.1) is 69.5 Å².